The van der Waals surface area contributed by atoms with Gasteiger partial charge in [-0.3, -0.25) is 0 Å². The third kappa shape index (κ3) is 2.38. The molecule has 118 valence electrons. The van der Waals surface area contributed by atoms with Crippen LogP contribution < -0.4 is 4.74 Å². The molecule has 0 aliphatic carbocycles. The first-order valence-corrected chi connectivity index (χ1v) is 5.78. The van der Waals surface area contributed by atoms with Crippen molar-refractivity contribution in [3.8, 4) is 16.9 Å². The summed E-state index contributed by atoms with van der Waals surface area (Å²) in [4.78, 5) is 0. The van der Waals surface area contributed by atoms with Crippen LogP contribution >= 0.6 is 0 Å². The van der Waals surface area contributed by atoms with Gasteiger partial charge in [-0.05, 0) is 6.07 Å². The van der Waals surface area contributed by atoms with Gasteiger partial charge >= 0.3 is 0 Å². The normalized spacial score (nSPS) is 11.1. The average Bonchev–Trinajstić information content (AvgIpc) is 2.50. The molecule has 8 heteroatoms. The zero-order valence-corrected chi connectivity index (χ0v) is 10.9. The van der Waals surface area contributed by atoms with Gasteiger partial charge in [-0.2, -0.15) is 0 Å². The van der Waals surface area contributed by atoms with Gasteiger partial charge in [0.2, 0.25) is 5.82 Å². The number of para-hydroxylation sites is 1. The first kappa shape index (κ1) is 16.1. The lowest BCUT2D eigenvalue weighted by atomic mass is 9.99. The standard InChI is InChI=1S/C14H7F7O/c1-22-13-5(3-2-4-6(13)14(20)21)7-8(15)10(17)12(19)11(18)9(7)16/h2-4,14H,1H3. The maximum atomic E-state index is 13.8. The van der Waals surface area contributed by atoms with Crippen molar-refractivity contribution in [3.05, 3.63) is 52.8 Å². The van der Waals surface area contributed by atoms with E-state index in [1.807, 2.05) is 0 Å². The van der Waals surface area contributed by atoms with E-state index in [9.17, 15) is 30.7 Å². The number of ether oxygens (including phenoxy) is 1. The van der Waals surface area contributed by atoms with Crippen molar-refractivity contribution in [2.45, 2.75) is 6.43 Å². The molecule has 0 unspecified atom stereocenters. The largest absolute Gasteiger partial charge is 0.496 e. The van der Waals surface area contributed by atoms with E-state index in [0.29, 0.717) is 0 Å². The number of rotatable bonds is 3. The molecule has 1 nitrogen and oxygen atoms in total. The van der Waals surface area contributed by atoms with Gasteiger partial charge in [0.25, 0.3) is 6.43 Å². The van der Waals surface area contributed by atoms with Gasteiger partial charge < -0.3 is 4.74 Å². The van der Waals surface area contributed by atoms with E-state index < -0.39 is 58.0 Å². The molecule has 0 N–H and O–H groups in total. The summed E-state index contributed by atoms with van der Waals surface area (Å²) in [6.45, 7) is 0. The quantitative estimate of drug-likeness (QED) is 0.439. The SMILES string of the molecule is COc1c(-c2c(F)c(F)c(F)c(F)c2F)cccc1C(F)F. The summed E-state index contributed by atoms with van der Waals surface area (Å²) in [5.74, 6) is -11.6. The van der Waals surface area contributed by atoms with Crippen molar-refractivity contribution >= 4 is 0 Å². The van der Waals surface area contributed by atoms with Gasteiger partial charge in [-0.1, -0.05) is 12.1 Å². The molecule has 2 rings (SSSR count). The van der Waals surface area contributed by atoms with Crippen LogP contribution in [0.25, 0.3) is 11.1 Å². The molecule has 0 bridgehead atoms. The fraction of sp³-hybridized carbons (Fsp3) is 0.143. The minimum atomic E-state index is -3.06. The predicted molar refractivity (Wildman–Crippen MR) is 63.2 cm³/mol. The summed E-state index contributed by atoms with van der Waals surface area (Å²) >= 11 is 0. The van der Waals surface area contributed by atoms with Gasteiger partial charge in [0.15, 0.2) is 23.3 Å². The van der Waals surface area contributed by atoms with Crippen molar-refractivity contribution in [1.29, 1.82) is 0 Å². The molecule has 0 radical (unpaired) electrons. The fourth-order valence-electron chi connectivity index (χ4n) is 1.99. The predicted octanol–water partition coefficient (Wildman–Crippen LogP) is 5.00. The molecule has 0 aliphatic heterocycles. The number of hydrogen-bond donors (Lipinski definition) is 0. The Labute approximate surface area is 119 Å². The third-order valence-corrected chi connectivity index (χ3v) is 2.96. The number of methoxy groups -OCH3 is 1. The Balaban J connectivity index is 2.87. The molecule has 0 spiro atoms. The highest BCUT2D eigenvalue weighted by Crippen LogP contribution is 2.41. The van der Waals surface area contributed by atoms with Crippen LogP contribution in [-0.4, -0.2) is 7.11 Å². The lowest BCUT2D eigenvalue weighted by Gasteiger charge is -2.15. The van der Waals surface area contributed by atoms with Gasteiger partial charge in [0, 0.05) is 5.56 Å². The first-order valence-electron chi connectivity index (χ1n) is 5.78. The Morgan fingerprint density at radius 3 is 1.77 bits per heavy atom. The smallest absolute Gasteiger partial charge is 0.267 e. The zero-order chi connectivity index (χ0) is 16.6. The molecular formula is C14H7F7O. The number of alkyl halides is 2. The van der Waals surface area contributed by atoms with Crippen LogP contribution in [0.2, 0.25) is 0 Å². The minimum Gasteiger partial charge on any atom is -0.496 e. The minimum absolute atomic E-state index is 0.659. The average molecular weight is 324 g/mol. The second-order valence-electron chi connectivity index (χ2n) is 4.17. The van der Waals surface area contributed by atoms with Crippen molar-refractivity contribution in [3.63, 3.8) is 0 Å². The zero-order valence-electron chi connectivity index (χ0n) is 10.9. The summed E-state index contributed by atoms with van der Waals surface area (Å²) < 4.78 is 97.4. The Morgan fingerprint density at radius 2 is 1.32 bits per heavy atom. The molecule has 0 fully saturated rings. The summed E-state index contributed by atoms with van der Waals surface area (Å²) in [5.41, 5.74) is -2.72. The lowest BCUT2D eigenvalue weighted by Crippen LogP contribution is -2.05. The maximum absolute atomic E-state index is 13.8. The van der Waals surface area contributed by atoms with E-state index in [1.54, 1.807) is 0 Å². The topological polar surface area (TPSA) is 9.23 Å². The molecule has 0 heterocycles. The van der Waals surface area contributed by atoms with Crippen LogP contribution in [0.1, 0.15) is 12.0 Å². The Kier molecular flexibility index (Phi) is 4.30. The third-order valence-electron chi connectivity index (χ3n) is 2.96. The van der Waals surface area contributed by atoms with Crippen molar-refractivity contribution in [2.75, 3.05) is 7.11 Å². The van der Waals surface area contributed by atoms with Crippen LogP contribution in [0, 0.1) is 29.1 Å². The summed E-state index contributed by atoms with van der Waals surface area (Å²) in [7, 11) is 0.941. The molecule has 0 amide bonds. The molecule has 2 aromatic carbocycles. The van der Waals surface area contributed by atoms with Crippen LogP contribution in [0.4, 0.5) is 30.7 Å². The maximum Gasteiger partial charge on any atom is 0.267 e. The van der Waals surface area contributed by atoms with E-state index >= 15 is 0 Å². The van der Waals surface area contributed by atoms with E-state index in [4.69, 9.17) is 0 Å². The molecule has 2 aromatic rings. The second kappa shape index (κ2) is 5.86. The van der Waals surface area contributed by atoms with E-state index in [-0.39, 0.29) is 0 Å². The summed E-state index contributed by atoms with van der Waals surface area (Å²) in [6, 6.07) is 2.83. The Morgan fingerprint density at radius 1 is 0.818 bits per heavy atom. The molecule has 0 saturated heterocycles. The lowest BCUT2D eigenvalue weighted by molar-refractivity contribution is 0.147. The number of halogens is 7. The van der Waals surface area contributed by atoms with Gasteiger partial charge in [-0.25, -0.2) is 30.7 Å². The second-order valence-corrected chi connectivity index (χ2v) is 4.17. The highest BCUT2D eigenvalue weighted by Gasteiger charge is 2.29. The highest BCUT2D eigenvalue weighted by molar-refractivity contribution is 5.73. The Bertz CT molecular complexity index is 699. The van der Waals surface area contributed by atoms with Gasteiger partial charge in [-0.15, -0.1) is 0 Å². The number of benzene rings is 2. The molecule has 0 atom stereocenters. The summed E-state index contributed by atoms with van der Waals surface area (Å²) in [5, 5.41) is 0. The van der Waals surface area contributed by atoms with Crippen molar-refractivity contribution in [1.82, 2.24) is 0 Å². The van der Waals surface area contributed by atoms with Crippen LogP contribution in [0.15, 0.2) is 18.2 Å². The molecule has 22 heavy (non-hydrogen) atoms. The van der Waals surface area contributed by atoms with E-state index in [1.165, 1.54) is 0 Å². The highest BCUT2D eigenvalue weighted by atomic mass is 19.3. The van der Waals surface area contributed by atoms with Crippen molar-refractivity contribution in [2.24, 2.45) is 0 Å². The fourth-order valence-corrected chi connectivity index (χ4v) is 1.99. The first-order chi connectivity index (χ1) is 10.3. The molecule has 0 aliphatic rings. The van der Waals surface area contributed by atoms with E-state index in [2.05, 4.69) is 4.74 Å². The van der Waals surface area contributed by atoms with Crippen LogP contribution in [-0.2, 0) is 0 Å². The van der Waals surface area contributed by atoms with E-state index in [0.717, 1.165) is 25.3 Å². The van der Waals surface area contributed by atoms with Gasteiger partial charge in [0.1, 0.15) is 5.75 Å². The number of hydrogen-bond acceptors (Lipinski definition) is 1. The molecular weight excluding hydrogens is 317 g/mol. The van der Waals surface area contributed by atoms with Gasteiger partial charge in [0.05, 0.1) is 18.2 Å². The monoisotopic (exact) mass is 324 g/mol. The summed E-state index contributed by atoms with van der Waals surface area (Å²) in [6.07, 6.45) is -3.06. The van der Waals surface area contributed by atoms with Crippen LogP contribution in [0.3, 0.4) is 0 Å². The van der Waals surface area contributed by atoms with Crippen LogP contribution in [0.5, 0.6) is 5.75 Å². The van der Waals surface area contributed by atoms with Crippen molar-refractivity contribution < 1.29 is 35.5 Å². The molecule has 0 saturated carbocycles. The Hall–Kier alpha value is -2.25. The molecule has 0 aromatic heterocycles.